The average Bonchev–Trinajstić information content (AvgIpc) is 2.38. The second-order valence-corrected chi connectivity index (χ2v) is 6.08. The number of hydrogen-bond donors (Lipinski definition) is 0. The largest absolute Gasteiger partial charge is 0.243 e. The van der Waals surface area contributed by atoms with Gasteiger partial charge in [-0.1, -0.05) is 23.8 Å². The molecular formula is C15H19NO2S. The predicted molar refractivity (Wildman–Crippen MR) is 78.2 cm³/mol. The van der Waals surface area contributed by atoms with Crippen LogP contribution in [0.3, 0.4) is 0 Å². The van der Waals surface area contributed by atoms with Gasteiger partial charge in [0, 0.05) is 19.5 Å². The summed E-state index contributed by atoms with van der Waals surface area (Å²) in [6, 6.07) is 6.86. The summed E-state index contributed by atoms with van der Waals surface area (Å²) < 4.78 is 26.3. The molecule has 0 saturated heterocycles. The van der Waals surface area contributed by atoms with Crippen LogP contribution < -0.4 is 0 Å². The van der Waals surface area contributed by atoms with E-state index in [-0.39, 0.29) is 0 Å². The summed E-state index contributed by atoms with van der Waals surface area (Å²) in [5.74, 6) is 5.65. The SMILES string of the molecule is C=CCN(CCC#CC)S(=O)(=O)c1ccc(C)cc1. The molecule has 0 heterocycles. The highest BCUT2D eigenvalue weighted by Crippen LogP contribution is 2.16. The van der Waals surface area contributed by atoms with Crippen LogP contribution >= 0.6 is 0 Å². The van der Waals surface area contributed by atoms with Gasteiger partial charge in [0.05, 0.1) is 4.90 Å². The van der Waals surface area contributed by atoms with Crippen molar-refractivity contribution in [2.75, 3.05) is 13.1 Å². The van der Waals surface area contributed by atoms with Crippen LogP contribution in [0.15, 0.2) is 41.8 Å². The van der Waals surface area contributed by atoms with Gasteiger partial charge in [-0.25, -0.2) is 8.42 Å². The summed E-state index contributed by atoms with van der Waals surface area (Å²) in [6.07, 6.45) is 2.11. The molecule has 4 heteroatoms. The maximum absolute atomic E-state index is 12.5. The zero-order valence-corrected chi connectivity index (χ0v) is 12.2. The monoisotopic (exact) mass is 277 g/mol. The Morgan fingerprint density at radius 1 is 1.32 bits per heavy atom. The Morgan fingerprint density at radius 2 is 1.95 bits per heavy atom. The maximum Gasteiger partial charge on any atom is 0.243 e. The van der Waals surface area contributed by atoms with Gasteiger partial charge in [-0.15, -0.1) is 18.4 Å². The minimum absolute atomic E-state index is 0.293. The fourth-order valence-corrected chi connectivity index (χ4v) is 3.03. The van der Waals surface area contributed by atoms with E-state index < -0.39 is 10.0 Å². The molecule has 3 nitrogen and oxygen atoms in total. The first-order valence-electron chi connectivity index (χ1n) is 6.09. The molecule has 0 atom stereocenters. The molecule has 0 fully saturated rings. The van der Waals surface area contributed by atoms with Crippen molar-refractivity contribution in [3.05, 3.63) is 42.5 Å². The molecule has 0 amide bonds. The predicted octanol–water partition coefficient (Wildman–Crippen LogP) is 2.59. The molecule has 1 aromatic carbocycles. The molecule has 0 aromatic heterocycles. The lowest BCUT2D eigenvalue weighted by molar-refractivity contribution is 0.450. The lowest BCUT2D eigenvalue weighted by atomic mass is 10.2. The lowest BCUT2D eigenvalue weighted by Crippen LogP contribution is -2.32. The van der Waals surface area contributed by atoms with Crippen molar-refractivity contribution in [2.24, 2.45) is 0 Å². The zero-order chi connectivity index (χ0) is 14.3. The van der Waals surface area contributed by atoms with Crippen LogP contribution in [0, 0.1) is 18.8 Å². The van der Waals surface area contributed by atoms with Gasteiger partial charge < -0.3 is 0 Å². The van der Waals surface area contributed by atoms with Crippen LogP contribution in [0.5, 0.6) is 0 Å². The van der Waals surface area contributed by atoms with Crippen LogP contribution in [0.1, 0.15) is 18.9 Å². The van der Waals surface area contributed by atoms with Crippen molar-refractivity contribution in [2.45, 2.75) is 25.2 Å². The molecule has 0 unspecified atom stereocenters. The Bertz CT molecular complexity index is 577. The summed E-state index contributed by atoms with van der Waals surface area (Å²) in [7, 11) is -3.47. The Labute approximate surface area is 116 Å². The van der Waals surface area contributed by atoms with E-state index in [0.29, 0.717) is 24.4 Å². The van der Waals surface area contributed by atoms with Crippen molar-refractivity contribution in [3.8, 4) is 11.8 Å². The van der Waals surface area contributed by atoms with Crippen molar-refractivity contribution < 1.29 is 8.42 Å². The zero-order valence-electron chi connectivity index (χ0n) is 11.4. The highest BCUT2D eigenvalue weighted by molar-refractivity contribution is 7.89. The van der Waals surface area contributed by atoms with Gasteiger partial charge in [-0.05, 0) is 26.0 Å². The maximum atomic E-state index is 12.5. The third kappa shape index (κ3) is 4.23. The standard InChI is InChI=1S/C15H19NO2S/c1-4-6-7-13-16(12-5-2)19(17,18)15-10-8-14(3)9-11-15/h5,8-11H,2,7,12-13H2,1,3H3. The fraction of sp³-hybridized carbons (Fsp3) is 0.333. The Kier molecular flexibility index (Phi) is 5.81. The molecule has 1 aromatic rings. The molecule has 19 heavy (non-hydrogen) atoms. The molecule has 1 rings (SSSR count). The first kappa shape index (κ1) is 15.5. The van der Waals surface area contributed by atoms with Crippen LogP contribution in [-0.2, 0) is 10.0 Å². The Balaban J connectivity index is 3.00. The van der Waals surface area contributed by atoms with Gasteiger partial charge in [-0.2, -0.15) is 4.31 Å². The molecular weight excluding hydrogens is 258 g/mol. The Hall–Kier alpha value is -1.57. The highest BCUT2D eigenvalue weighted by Gasteiger charge is 2.22. The van der Waals surface area contributed by atoms with Gasteiger partial charge in [0.25, 0.3) is 0 Å². The summed E-state index contributed by atoms with van der Waals surface area (Å²) in [5.41, 5.74) is 1.03. The summed E-state index contributed by atoms with van der Waals surface area (Å²) in [6.45, 7) is 7.95. The van der Waals surface area contributed by atoms with Crippen LogP contribution in [0.4, 0.5) is 0 Å². The summed E-state index contributed by atoms with van der Waals surface area (Å²) in [5, 5.41) is 0. The quantitative estimate of drug-likeness (QED) is 0.592. The van der Waals surface area contributed by atoms with E-state index in [0.717, 1.165) is 5.56 Å². The van der Waals surface area contributed by atoms with E-state index in [1.165, 1.54) is 4.31 Å². The van der Waals surface area contributed by atoms with Gasteiger partial charge in [-0.3, -0.25) is 0 Å². The van der Waals surface area contributed by atoms with Gasteiger partial charge in [0.15, 0.2) is 0 Å². The van der Waals surface area contributed by atoms with Crippen LogP contribution in [0.25, 0.3) is 0 Å². The number of nitrogens with zero attached hydrogens (tertiary/aromatic N) is 1. The molecule has 0 aliphatic carbocycles. The third-order valence-electron chi connectivity index (χ3n) is 2.65. The third-order valence-corrected chi connectivity index (χ3v) is 4.53. The molecule has 0 spiro atoms. The molecule has 0 aliphatic heterocycles. The van der Waals surface area contributed by atoms with E-state index in [1.807, 2.05) is 6.92 Å². The molecule has 0 radical (unpaired) electrons. The molecule has 0 aliphatic rings. The van der Waals surface area contributed by atoms with E-state index in [4.69, 9.17) is 0 Å². The minimum atomic E-state index is -3.47. The number of rotatable bonds is 6. The fourth-order valence-electron chi connectivity index (χ4n) is 1.62. The van der Waals surface area contributed by atoms with E-state index >= 15 is 0 Å². The van der Waals surface area contributed by atoms with Crippen LogP contribution in [-0.4, -0.2) is 25.8 Å². The van der Waals surface area contributed by atoms with Gasteiger partial charge >= 0.3 is 0 Å². The van der Waals surface area contributed by atoms with E-state index in [9.17, 15) is 8.42 Å². The number of benzene rings is 1. The van der Waals surface area contributed by atoms with Crippen LogP contribution in [0.2, 0.25) is 0 Å². The number of sulfonamides is 1. The normalized spacial score (nSPS) is 10.9. The summed E-state index contributed by atoms with van der Waals surface area (Å²) >= 11 is 0. The molecule has 0 saturated carbocycles. The first-order chi connectivity index (χ1) is 9.02. The van der Waals surface area contributed by atoms with Gasteiger partial charge in [0.1, 0.15) is 0 Å². The second-order valence-electron chi connectivity index (χ2n) is 4.14. The van der Waals surface area contributed by atoms with Crippen molar-refractivity contribution >= 4 is 10.0 Å². The smallest absolute Gasteiger partial charge is 0.207 e. The number of hydrogen-bond acceptors (Lipinski definition) is 2. The molecule has 0 bridgehead atoms. The van der Waals surface area contributed by atoms with Crippen molar-refractivity contribution in [1.29, 1.82) is 0 Å². The lowest BCUT2D eigenvalue weighted by Gasteiger charge is -2.19. The topological polar surface area (TPSA) is 37.4 Å². The van der Waals surface area contributed by atoms with Gasteiger partial charge in [0.2, 0.25) is 10.0 Å². The second kappa shape index (κ2) is 7.13. The highest BCUT2D eigenvalue weighted by atomic mass is 32.2. The minimum Gasteiger partial charge on any atom is -0.207 e. The Morgan fingerprint density at radius 3 is 2.47 bits per heavy atom. The first-order valence-corrected chi connectivity index (χ1v) is 7.53. The van der Waals surface area contributed by atoms with E-state index in [1.54, 1.807) is 37.3 Å². The average molecular weight is 277 g/mol. The van der Waals surface area contributed by atoms with E-state index in [2.05, 4.69) is 18.4 Å². The summed E-state index contributed by atoms with van der Waals surface area (Å²) in [4.78, 5) is 0.310. The van der Waals surface area contributed by atoms with Crippen molar-refractivity contribution in [1.82, 2.24) is 4.31 Å². The molecule has 0 N–H and O–H groups in total. The van der Waals surface area contributed by atoms with Crippen molar-refractivity contribution in [3.63, 3.8) is 0 Å². The molecule has 102 valence electrons. The number of aryl methyl sites for hydroxylation is 1.